The Morgan fingerprint density at radius 3 is 3.00 bits per heavy atom. The van der Waals surface area contributed by atoms with Crippen LogP contribution in [0, 0.1) is 0 Å². The van der Waals surface area contributed by atoms with Crippen LogP contribution in [-0.2, 0) is 6.42 Å². The Balaban J connectivity index is 2.00. The average molecular weight is 275 g/mol. The van der Waals surface area contributed by atoms with Crippen LogP contribution in [0.25, 0.3) is 0 Å². The van der Waals surface area contributed by atoms with Crippen LogP contribution in [0.2, 0.25) is 0 Å². The predicted molar refractivity (Wildman–Crippen MR) is 82.2 cm³/mol. The molecule has 1 aromatic carbocycles. The number of fused-ring (bicyclic) bond motifs is 1. The minimum absolute atomic E-state index is 0.278. The normalized spacial score (nSPS) is 20.8. The van der Waals surface area contributed by atoms with Crippen LogP contribution in [-0.4, -0.2) is 35.6 Å². The molecule has 2 rings (SSSR count). The lowest BCUT2D eigenvalue weighted by molar-refractivity contribution is 0.236. The fourth-order valence-corrected chi connectivity index (χ4v) is 3.07. The molecule has 0 amide bonds. The number of nitrogens with zero attached hydrogens (tertiary/aromatic N) is 2. The van der Waals surface area contributed by atoms with Crippen LogP contribution in [0.4, 0.5) is 0 Å². The van der Waals surface area contributed by atoms with E-state index in [0.717, 1.165) is 6.54 Å². The summed E-state index contributed by atoms with van der Waals surface area (Å²) in [6.45, 7) is 3.14. The number of nitrogens with two attached hydrogens (primary N) is 1. The Morgan fingerprint density at radius 1 is 1.50 bits per heavy atom. The first-order chi connectivity index (χ1) is 9.61. The molecule has 20 heavy (non-hydrogen) atoms. The number of oxime groups is 1. The van der Waals surface area contributed by atoms with Crippen molar-refractivity contribution in [1.82, 2.24) is 4.90 Å². The molecule has 4 heteroatoms. The molecule has 4 nitrogen and oxygen atoms in total. The highest BCUT2D eigenvalue weighted by Crippen LogP contribution is 2.32. The van der Waals surface area contributed by atoms with Crippen LogP contribution in [0.15, 0.2) is 29.4 Å². The Bertz CT molecular complexity index is 473. The van der Waals surface area contributed by atoms with Gasteiger partial charge in [-0.3, -0.25) is 0 Å². The highest BCUT2D eigenvalue weighted by atomic mass is 16.4. The van der Waals surface area contributed by atoms with E-state index in [4.69, 9.17) is 10.9 Å². The van der Waals surface area contributed by atoms with Gasteiger partial charge >= 0.3 is 0 Å². The second-order valence-corrected chi connectivity index (χ2v) is 5.87. The molecule has 0 fully saturated rings. The first-order valence-corrected chi connectivity index (χ1v) is 7.36. The number of amidine groups is 1. The molecule has 0 aliphatic heterocycles. The van der Waals surface area contributed by atoms with Gasteiger partial charge in [0.15, 0.2) is 0 Å². The monoisotopic (exact) mass is 275 g/mol. The molecule has 0 saturated carbocycles. The number of aryl methyl sites for hydroxylation is 1. The van der Waals surface area contributed by atoms with Crippen molar-refractivity contribution in [3.63, 3.8) is 0 Å². The summed E-state index contributed by atoms with van der Waals surface area (Å²) in [7, 11) is 2.12. The summed E-state index contributed by atoms with van der Waals surface area (Å²) >= 11 is 0. The fraction of sp³-hybridized carbons (Fsp3) is 0.562. The van der Waals surface area contributed by atoms with E-state index in [1.807, 2.05) is 0 Å². The van der Waals surface area contributed by atoms with Gasteiger partial charge in [0.05, 0.1) is 0 Å². The fourth-order valence-electron chi connectivity index (χ4n) is 3.07. The Kier molecular flexibility index (Phi) is 5.01. The summed E-state index contributed by atoms with van der Waals surface area (Å²) in [5, 5.41) is 11.7. The van der Waals surface area contributed by atoms with Crippen molar-refractivity contribution in [2.75, 3.05) is 13.6 Å². The number of hydrogen-bond acceptors (Lipinski definition) is 3. The van der Waals surface area contributed by atoms with Crippen LogP contribution < -0.4 is 5.73 Å². The zero-order chi connectivity index (χ0) is 14.5. The maximum Gasteiger partial charge on any atom is 0.140 e. The molecular formula is C16H25N3O. The van der Waals surface area contributed by atoms with Gasteiger partial charge in [0, 0.05) is 19.0 Å². The highest BCUT2D eigenvalue weighted by Gasteiger charge is 2.22. The van der Waals surface area contributed by atoms with E-state index in [0.29, 0.717) is 18.2 Å². The molecule has 1 aromatic rings. The lowest BCUT2D eigenvalue weighted by Gasteiger charge is -2.32. The standard InChI is InChI=1S/C16H25N3O/c1-12(10-16(17)18-20)19(2)11-14-8-5-7-13-6-3-4-9-15(13)14/h3-4,6,9,12,14,20H,5,7-8,10-11H2,1-2H3,(H2,17,18). The topological polar surface area (TPSA) is 61.9 Å². The Hall–Kier alpha value is -1.55. The van der Waals surface area contributed by atoms with Crippen molar-refractivity contribution >= 4 is 5.84 Å². The molecule has 0 radical (unpaired) electrons. The van der Waals surface area contributed by atoms with Crippen molar-refractivity contribution in [2.45, 2.75) is 44.6 Å². The molecule has 3 N–H and O–H groups in total. The van der Waals surface area contributed by atoms with Gasteiger partial charge in [0.25, 0.3) is 0 Å². The SMILES string of the molecule is CC(CC(N)=NO)N(C)CC1CCCc2ccccc21. The van der Waals surface area contributed by atoms with E-state index in [1.54, 1.807) is 0 Å². The quantitative estimate of drug-likeness (QED) is 0.376. The zero-order valence-corrected chi connectivity index (χ0v) is 12.4. The van der Waals surface area contributed by atoms with Gasteiger partial charge in [-0.1, -0.05) is 29.4 Å². The molecular weight excluding hydrogens is 250 g/mol. The lowest BCUT2D eigenvalue weighted by atomic mass is 9.82. The van der Waals surface area contributed by atoms with Crippen LogP contribution >= 0.6 is 0 Å². The number of likely N-dealkylation sites (N-methyl/N-ethyl adjacent to an activating group) is 1. The molecule has 0 bridgehead atoms. The van der Waals surface area contributed by atoms with E-state index < -0.39 is 0 Å². The van der Waals surface area contributed by atoms with Gasteiger partial charge in [0.1, 0.15) is 5.84 Å². The number of benzene rings is 1. The molecule has 110 valence electrons. The second kappa shape index (κ2) is 6.75. The van der Waals surface area contributed by atoms with Gasteiger partial charge in [-0.25, -0.2) is 0 Å². The van der Waals surface area contributed by atoms with Crippen molar-refractivity contribution in [3.05, 3.63) is 35.4 Å². The van der Waals surface area contributed by atoms with Crippen molar-refractivity contribution in [2.24, 2.45) is 10.9 Å². The molecule has 2 unspecified atom stereocenters. The summed E-state index contributed by atoms with van der Waals surface area (Å²) in [4.78, 5) is 2.31. The Morgan fingerprint density at radius 2 is 2.25 bits per heavy atom. The minimum Gasteiger partial charge on any atom is -0.409 e. The van der Waals surface area contributed by atoms with E-state index in [-0.39, 0.29) is 6.04 Å². The van der Waals surface area contributed by atoms with Crippen LogP contribution in [0.5, 0.6) is 0 Å². The maximum absolute atomic E-state index is 8.66. The van der Waals surface area contributed by atoms with E-state index >= 15 is 0 Å². The summed E-state index contributed by atoms with van der Waals surface area (Å²) in [5.74, 6) is 0.896. The molecule has 0 saturated heterocycles. The summed E-state index contributed by atoms with van der Waals surface area (Å²) < 4.78 is 0. The molecule has 1 aliphatic rings. The number of hydrogen-bond donors (Lipinski definition) is 2. The minimum atomic E-state index is 0.278. The first kappa shape index (κ1) is 14.9. The van der Waals surface area contributed by atoms with Crippen LogP contribution in [0.1, 0.15) is 43.2 Å². The van der Waals surface area contributed by atoms with Crippen LogP contribution in [0.3, 0.4) is 0 Å². The molecule has 0 heterocycles. The summed E-state index contributed by atoms with van der Waals surface area (Å²) in [6.07, 6.45) is 4.32. The molecule has 0 aromatic heterocycles. The molecule has 1 aliphatic carbocycles. The van der Waals surface area contributed by atoms with Crippen molar-refractivity contribution in [1.29, 1.82) is 0 Å². The van der Waals surface area contributed by atoms with Gasteiger partial charge in [0.2, 0.25) is 0 Å². The average Bonchev–Trinajstić information content (AvgIpc) is 2.47. The molecule has 2 atom stereocenters. The van der Waals surface area contributed by atoms with E-state index in [2.05, 4.69) is 48.3 Å². The van der Waals surface area contributed by atoms with E-state index in [1.165, 1.54) is 30.4 Å². The van der Waals surface area contributed by atoms with Gasteiger partial charge < -0.3 is 15.8 Å². The Labute approximate surface area is 121 Å². The van der Waals surface area contributed by atoms with Gasteiger partial charge in [-0.15, -0.1) is 0 Å². The maximum atomic E-state index is 8.66. The second-order valence-electron chi connectivity index (χ2n) is 5.87. The number of rotatable bonds is 5. The molecule has 0 spiro atoms. The largest absolute Gasteiger partial charge is 0.409 e. The smallest absolute Gasteiger partial charge is 0.140 e. The van der Waals surface area contributed by atoms with E-state index in [9.17, 15) is 0 Å². The van der Waals surface area contributed by atoms with Gasteiger partial charge in [-0.05, 0) is 50.3 Å². The third-order valence-corrected chi connectivity index (χ3v) is 4.39. The van der Waals surface area contributed by atoms with Crippen molar-refractivity contribution < 1.29 is 5.21 Å². The highest BCUT2D eigenvalue weighted by molar-refractivity contribution is 5.80. The summed E-state index contributed by atoms with van der Waals surface area (Å²) in [6, 6.07) is 9.06. The van der Waals surface area contributed by atoms with Gasteiger partial charge in [-0.2, -0.15) is 0 Å². The lowest BCUT2D eigenvalue weighted by Crippen LogP contribution is -2.36. The zero-order valence-electron chi connectivity index (χ0n) is 12.4. The third kappa shape index (κ3) is 3.51. The van der Waals surface area contributed by atoms with Crippen molar-refractivity contribution in [3.8, 4) is 0 Å². The predicted octanol–water partition coefficient (Wildman–Crippen LogP) is 2.56. The third-order valence-electron chi connectivity index (χ3n) is 4.39. The first-order valence-electron chi connectivity index (χ1n) is 7.36. The summed E-state index contributed by atoms with van der Waals surface area (Å²) in [5.41, 5.74) is 8.60.